The fourth-order valence-corrected chi connectivity index (χ4v) is 1.78. The van der Waals surface area contributed by atoms with Gasteiger partial charge in [0.1, 0.15) is 0 Å². The second-order valence-corrected chi connectivity index (χ2v) is 5.39. The van der Waals surface area contributed by atoms with Gasteiger partial charge in [0.15, 0.2) is 0 Å². The normalized spacial score (nSPS) is 14.3. The van der Waals surface area contributed by atoms with Gasteiger partial charge in [-0.15, -0.1) is 0 Å². The predicted molar refractivity (Wildman–Crippen MR) is 63.4 cm³/mol. The van der Waals surface area contributed by atoms with E-state index in [9.17, 15) is 39.5 Å². The molecule has 0 aromatic heterocycles. The zero-order valence-corrected chi connectivity index (χ0v) is 12.1. The van der Waals surface area contributed by atoms with E-state index >= 15 is 0 Å². The van der Waals surface area contributed by atoms with Crippen molar-refractivity contribution in [2.75, 3.05) is 0 Å². The summed E-state index contributed by atoms with van der Waals surface area (Å²) in [7, 11) is 0. The van der Waals surface area contributed by atoms with Crippen molar-refractivity contribution in [3.05, 3.63) is 34.3 Å². The summed E-state index contributed by atoms with van der Waals surface area (Å²) < 4.78 is 114. The SMILES string of the molecule is FC(F)(F)C(F)(F)C(F)(F)C(F)(F)CCc1ccc(Br)cc1. The number of benzene rings is 1. The molecule has 126 valence electrons. The average Bonchev–Trinajstić information content (AvgIpc) is 2.36. The molecule has 0 aliphatic heterocycles. The van der Waals surface area contributed by atoms with E-state index in [0.717, 1.165) is 0 Å². The molecule has 0 fully saturated rings. The van der Waals surface area contributed by atoms with E-state index in [1.807, 2.05) is 0 Å². The maximum Gasteiger partial charge on any atom is 0.460 e. The summed E-state index contributed by atoms with van der Waals surface area (Å²) in [5.41, 5.74) is 0.0917. The lowest BCUT2D eigenvalue weighted by molar-refractivity contribution is -0.396. The summed E-state index contributed by atoms with van der Waals surface area (Å²) in [5.74, 6) is -18.9. The smallest absolute Gasteiger partial charge is 0.200 e. The molecule has 0 bridgehead atoms. The molecule has 0 saturated carbocycles. The van der Waals surface area contributed by atoms with Crippen LogP contribution in [-0.2, 0) is 6.42 Å². The molecule has 22 heavy (non-hydrogen) atoms. The van der Waals surface area contributed by atoms with E-state index in [1.54, 1.807) is 0 Å². The van der Waals surface area contributed by atoms with E-state index < -0.39 is 36.8 Å². The van der Waals surface area contributed by atoms with E-state index in [-0.39, 0.29) is 5.56 Å². The third-order valence-corrected chi connectivity index (χ3v) is 3.38. The minimum Gasteiger partial charge on any atom is -0.200 e. The van der Waals surface area contributed by atoms with Crippen molar-refractivity contribution in [1.29, 1.82) is 0 Å². The molecule has 0 unspecified atom stereocenters. The van der Waals surface area contributed by atoms with Gasteiger partial charge >= 0.3 is 23.9 Å². The summed E-state index contributed by atoms with van der Waals surface area (Å²) in [6.45, 7) is 0. The number of hydrogen-bond acceptors (Lipinski definition) is 0. The van der Waals surface area contributed by atoms with Gasteiger partial charge in [-0.1, -0.05) is 28.1 Å². The van der Waals surface area contributed by atoms with E-state index in [4.69, 9.17) is 0 Å². The molecule has 1 aromatic carbocycles. The maximum absolute atomic E-state index is 13.3. The minimum absolute atomic E-state index is 0.0917. The molecule has 0 aliphatic carbocycles. The van der Waals surface area contributed by atoms with Gasteiger partial charge in [0.25, 0.3) is 0 Å². The first-order valence-electron chi connectivity index (χ1n) is 5.67. The van der Waals surface area contributed by atoms with Crippen LogP contribution in [0, 0.1) is 0 Å². The summed E-state index contributed by atoms with van der Waals surface area (Å²) in [5, 5.41) is 0. The van der Waals surface area contributed by atoms with Crippen LogP contribution < -0.4 is 0 Å². The standard InChI is InChI=1S/C12H8BrF9/c13-8-3-1-7(2-4-8)5-6-9(14,15)10(16,17)11(18,19)12(20,21)22/h1-4H,5-6H2. The van der Waals surface area contributed by atoms with E-state index in [0.29, 0.717) is 4.47 Å². The topological polar surface area (TPSA) is 0 Å². The first kappa shape index (κ1) is 19.1. The van der Waals surface area contributed by atoms with Crippen LogP contribution in [0.3, 0.4) is 0 Å². The number of halogens is 10. The van der Waals surface area contributed by atoms with Gasteiger partial charge in [-0.25, -0.2) is 0 Å². The molecular weight excluding hydrogens is 395 g/mol. The monoisotopic (exact) mass is 402 g/mol. The second kappa shape index (κ2) is 5.93. The van der Waals surface area contributed by atoms with Crippen molar-refractivity contribution < 1.29 is 39.5 Å². The van der Waals surface area contributed by atoms with E-state index in [2.05, 4.69) is 15.9 Å². The van der Waals surface area contributed by atoms with Crippen LogP contribution in [0.25, 0.3) is 0 Å². The van der Waals surface area contributed by atoms with Crippen molar-refractivity contribution in [2.45, 2.75) is 36.8 Å². The third kappa shape index (κ3) is 3.52. The van der Waals surface area contributed by atoms with Gasteiger partial charge < -0.3 is 0 Å². The summed E-state index contributed by atoms with van der Waals surface area (Å²) in [4.78, 5) is 0. The Bertz CT molecular complexity index is 504. The van der Waals surface area contributed by atoms with Crippen molar-refractivity contribution >= 4 is 15.9 Å². The summed E-state index contributed by atoms with van der Waals surface area (Å²) in [6, 6.07) is 5.27. The van der Waals surface area contributed by atoms with Gasteiger partial charge in [0.05, 0.1) is 0 Å². The van der Waals surface area contributed by atoms with Gasteiger partial charge in [0, 0.05) is 10.9 Å². The molecule has 0 N–H and O–H groups in total. The molecule has 1 aromatic rings. The van der Waals surface area contributed by atoms with Crippen LogP contribution in [0.1, 0.15) is 12.0 Å². The molecule has 0 amide bonds. The predicted octanol–water partition coefficient (Wildman–Crippen LogP) is 5.85. The number of hydrogen-bond donors (Lipinski definition) is 0. The Balaban J connectivity index is 2.94. The highest BCUT2D eigenvalue weighted by Gasteiger charge is 2.81. The van der Waals surface area contributed by atoms with Gasteiger partial charge in [-0.2, -0.15) is 39.5 Å². The van der Waals surface area contributed by atoms with Gasteiger partial charge in [-0.05, 0) is 24.1 Å². The fraction of sp³-hybridized carbons (Fsp3) is 0.500. The molecular formula is C12H8BrF9. The lowest BCUT2D eigenvalue weighted by atomic mass is 9.97. The van der Waals surface area contributed by atoms with Crippen molar-refractivity contribution in [3.63, 3.8) is 0 Å². The van der Waals surface area contributed by atoms with Crippen LogP contribution in [0.15, 0.2) is 28.7 Å². The zero-order chi connectivity index (χ0) is 17.4. The Morgan fingerprint density at radius 2 is 1.18 bits per heavy atom. The molecule has 1 rings (SSSR count). The number of aryl methyl sites for hydroxylation is 1. The van der Waals surface area contributed by atoms with Crippen molar-refractivity contribution in [2.24, 2.45) is 0 Å². The largest absolute Gasteiger partial charge is 0.460 e. The minimum atomic E-state index is -6.83. The molecule has 10 heteroatoms. The summed E-state index contributed by atoms with van der Waals surface area (Å²) in [6.07, 6.45) is -9.42. The molecule has 0 radical (unpaired) electrons. The first-order chi connectivity index (χ1) is 9.72. The molecule has 0 spiro atoms. The van der Waals surface area contributed by atoms with Crippen LogP contribution >= 0.6 is 15.9 Å². The van der Waals surface area contributed by atoms with E-state index in [1.165, 1.54) is 24.3 Å². The number of rotatable bonds is 5. The lowest BCUT2D eigenvalue weighted by Crippen LogP contribution is -2.60. The lowest BCUT2D eigenvalue weighted by Gasteiger charge is -2.33. The maximum atomic E-state index is 13.3. The Morgan fingerprint density at radius 1 is 0.727 bits per heavy atom. The quantitative estimate of drug-likeness (QED) is 0.542. The highest BCUT2D eigenvalue weighted by Crippen LogP contribution is 2.54. The molecule has 0 saturated heterocycles. The first-order valence-corrected chi connectivity index (χ1v) is 6.46. The highest BCUT2D eigenvalue weighted by atomic mass is 79.9. The van der Waals surface area contributed by atoms with Crippen LogP contribution in [0.4, 0.5) is 39.5 Å². The van der Waals surface area contributed by atoms with Gasteiger partial charge in [-0.3, -0.25) is 0 Å². The Hall–Kier alpha value is -0.930. The van der Waals surface area contributed by atoms with Crippen LogP contribution in [0.5, 0.6) is 0 Å². The van der Waals surface area contributed by atoms with Crippen LogP contribution in [0.2, 0.25) is 0 Å². The molecule has 0 aliphatic rings. The highest BCUT2D eigenvalue weighted by molar-refractivity contribution is 9.10. The zero-order valence-electron chi connectivity index (χ0n) is 10.5. The average molecular weight is 403 g/mol. The second-order valence-electron chi connectivity index (χ2n) is 4.48. The molecule has 0 nitrogen and oxygen atoms in total. The Labute approximate surface area is 127 Å². The van der Waals surface area contributed by atoms with Gasteiger partial charge in [0.2, 0.25) is 0 Å². The Kier molecular flexibility index (Phi) is 5.16. The molecule has 0 heterocycles. The molecule has 0 atom stereocenters. The Morgan fingerprint density at radius 3 is 1.59 bits per heavy atom. The van der Waals surface area contributed by atoms with Crippen molar-refractivity contribution in [3.8, 4) is 0 Å². The fourth-order valence-electron chi connectivity index (χ4n) is 1.52. The van der Waals surface area contributed by atoms with Crippen LogP contribution in [-0.4, -0.2) is 23.9 Å². The van der Waals surface area contributed by atoms with Crippen molar-refractivity contribution in [1.82, 2.24) is 0 Å². The summed E-state index contributed by atoms with van der Waals surface area (Å²) >= 11 is 3.02. The number of alkyl halides is 9. The third-order valence-electron chi connectivity index (χ3n) is 2.85.